The molecule has 3 aliphatic rings. The summed E-state index contributed by atoms with van der Waals surface area (Å²) in [4.78, 5) is 0. The maximum absolute atomic E-state index is 10.4. The van der Waals surface area contributed by atoms with E-state index in [9.17, 15) is 20.4 Å². The molecule has 7 heteroatoms. The highest BCUT2D eigenvalue weighted by atomic mass is 35.5. The summed E-state index contributed by atoms with van der Waals surface area (Å²) in [5.41, 5.74) is 2.54. The van der Waals surface area contributed by atoms with Gasteiger partial charge in [-0.2, -0.15) is 0 Å². The molecule has 6 nitrogen and oxygen atoms in total. The Morgan fingerprint density at radius 2 is 1.67 bits per heavy atom. The van der Waals surface area contributed by atoms with E-state index >= 15 is 0 Å². The Balaban J connectivity index is 1.26. The lowest BCUT2D eigenvalue weighted by Crippen LogP contribution is -2.55. The third kappa shape index (κ3) is 4.53. The molecule has 1 unspecified atom stereocenters. The van der Waals surface area contributed by atoms with Crippen molar-refractivity contribution in [2.75, 3.05) is 6.61 Å². The molecule has 4 N–H and O–H groups in total. The van der Waals surface area contributed by atoms with E-state index < -0.39 is 37.1 Å². The zero-order valence-corrected chi connectivity index (χ0v) is 19.3. The van der Waals surface area contributed by atoms with Crippen LogP contribution in [-0.4, -0.2) is 57.6 Å². The molecule has 33 heavy (non-hydrogen) atoms. The fraction of sp³-hybridized carbons (Fsp3) is 0.538. The maximum atomic E-state index is 10.4. The summed E-state index contributed by atoms with van der Waals surface area (Å²) in [5, 5.41) is 40.6. The van der Waals surface area contributed by atoms with Crippen LogP contribution >= 0.6 is 11.6 Å². The first-order valence-electron chi connectivity index (χ1n) is 11.7. The first kappa shape index (κ1) is 23.1. The van der Waals surface area contributed by atoms with E-state index in [0.717, 1.165) is 47.5 Å². The third-order valence-corrected chi connectivity index (χ3v) is 8.11. The van der Waals surface area contributed by atoms with Crippen molar-refractivity contribution in [3.8, 4) is 5.75 Å². The van der Waals surface area contributed by atoms with Crippen LogP contribution in [0.15, 0.2) is 42.5 Å². The van der Waals surface area contributed by atoms with Gasteiger partial charge in [-0.25, -0.2) is 0 Å². The highest BCUT2D eigenvalue weighted by Crippen LogP contribution is 2.57. The largest absolute Gasteiger partial charge is 0.490 e. The van der Waals surface area contributed by atoms with Crippen LogP contribution in [0.1, 0.15) is 42.6 Å². The molecule has 0 amide bonds. The fourth-order valence-electron chi connectivity index (χ4n) is 5.60. The van der Waals surface area contributed by atoms with Crippen molar-refractivity contribution in [1.29, 1.82) is 0 Å². The van der Waals surface area contributed by atoms with Crippen molar-refractivity contribution in [2.24, 2.45) is 17.8 Å². The first-order valence-corrected chi connectivity index (χ1v) is 12.1. The number of fused-ring (bicyclic) bond motifs is 1. The quantitative estimate of drug-likeness (QED) is 0.514. The van der Waals surface area contributed by atoms with Crippen LogP contribution in [-0.2, 0) is 11.2 Å². The Hall–Kier alpha value is -1.67. The van der Waals surface area contributed by atoms with Gasteiger partial charge in [0.25, 0.3) is 0 Å². The molecule has 0 spiro atoms. The predicted molar refractivity (Wildman–Crippen MR) is 123 cm³/mol. The smallest absolute Gasteiger partial charge is 0.119 e. The average molecular weight is 475 g/mol. The molecule has 3 fully saturated rings. The number of hydrogen-bond donors (Lipinski definition) is 4. The average Bonchev–Trinajstić information content (AvgIpc) is 3.20. The summed E-state index contributed by atoms with van der Waals surface area (Å²) in [7, 11) is 0. The Kier molecular flexibility index (Phi) is 6.42. The molecule has 2 saturated carbocycles. The van der Waals surface area contributed by atoms with Crippen LogP contribution in [0.5, 0.6) is 5.75 Å². The Labute approximate surface area is 198 Å². The van der Waals surface area contributed by atoms with Gasteiger partial charge in [0, 0.05) is 5.02 Å². The van der Waals surface area contributed by atoms with Crippen LogP contribution < -0.4 is 4.74 Å². The van der Waals surface area contributed by atoms with Gasteiger partial charge in [0.15, 0.2) is 0 Å². The lowest BCUT2D eigenvalue weighted by molar-refractivity contribution is -0.231. The van der Waals surface area contributed by atoms with Gasteiger partial charge in [-0.1, -0.05) is 42.8 Å². The van der Waals surface area contributed by atoms with Crippen molar-refractivity contribution in [2.45, 2.75) is 62.8 Å². The lowest BCUT2D eigenvalue weighted by Gasteiger charge is -2.40. The Morgan fingerprint density at radius 1 is 0.970 bits per heavy atom. The molecule has 0 aromatic heterocycles. The van der Waals surface area contributed by atoms with Crippen LogP contribution in [0.2, 0.25) is 5.02 Å². The standard InChI is InChI=1S/C26H31ClO6/c1-13-19-10-18(11-20(13)19)32-17-5-2-14(3-6-17)8-16-9-15(4-7-21(16)27)26-25(31)24(30)23(29)22(12-28)33-26/h2-7,9,13,18-20,22-26,28-31H,8,10-12H2,1H3/t13-,18-,19+,20?,22-,23-,24+,25-,26+/m1/s1. The molecule has 178 valence electrons. The Morgan fingerprint density at radius 3 is 2.33 bits per heavy atom. The Bertz CT molecular complexity index is 967. The minimum absolute atomic E-state index is 0.326. The van der Waals surface area contributed by atoms with Crippen molar-refractivity contribution >= 4 is 11.6 Å². The minimum atomic E-state index is -1.42. The number of benzene rings is 2. The molecule has 1 saturated heterocycles. The van der Waals surface area contributed by atoms with Crippen molar-refractivity contribution in [3.63, 3.8) is 0 Å². The highest BCUT2D eigenvalue weighted by Gasteiger charge is 2.53. The van der Waals surface area contributed by atoms with Crippen molar-refractivity contribution < 1.29 is 29.9 Å². The monoisotopic (exact) mass is 474 g/mol. The van der Waals surface area contributed by atoms with E-state index in [4.69, 9.17) is 21.1 Å². The number of ether oxygens (including phenoxy) is 2. The summed E-state index contributed by atoms with van der Waals surface area (Å²) in [6.45, 7) is 1.87. The fourth-order valence-corrected chi connectivity index (χ4v) is 5.78. The van der Waals surface area contributed by atoms with Gasteiger partial charge < -0.3 is 29.9 Å². The number of hydrogen-bond acceptors (Lipinski definition) is 6. The summed E-state index contributed by atoms with van der Waals surface area (Å²) in [6.07, 6.45) is -2.72. The number of aliphatic hydroxyl groups excluding tert-OH is 4. The zero-order chi connectivity index (χ0) is 23.3. The SMILES string of the molecule is C[C@H]1C2C[C@H](Oc3ccc(Cc4cc([C@@H]5O[C@H](CO)[C@@H](O)[C@H](O)[C@H]5O)ccc4Cl)cc3)C[C@H]21. The van der Waals surface area contributed by atoms with Crippen molar-refractivity contribution in [3.05, 3.63) is 64.2 Å². The van der Waals surface area contributed by atoms with Crippen LogP contribution in [0, 0.1) is 17.8 Å². The van der Waals surface area contributed by atoms with Crippen molar-refractivity contribution in [1.82, 2.24) is 0 Å². The van der Waals surface area contributed by atoms with Crippen LogP contribution in [0.25, 0.3) is 0 Å². The zero-order valence-electron chi connectivity index (χ0n) is 18.5. The van der Waals surface area contributed by atoms with Gasteiger partial charge in [0.1, 0.15) is 36.3 Å². The van der Waals surface area contributed by atoms with E-state index in [2.05, 4.69) is 6.92 Å². The van der Waals surface area contributed by atoms with Gasteiger partial charge >= 0.3 is 0 Å². The topological polar surface area (TPSA) is 99.4 Å². The second kappa shape index (κ2) is 9.17. The van der Waals surface area contributed by atoms with E-state index in [-0.39, 0.29) is 0 Å². The van der Waals surface area contributed by atoms with Gasteiger partial charge in [0.05, 0.1) is 12.7 Å². The molecule has 2 aliphatic carbocycles. The first-order chi connectivity index (χ1) is 15.9. The number of aliphatic hydroxyl groups is 4. The summed E-state index contributed by atoms with van der Waals surface area (Å²) in [5.74, 6) is 3.47. The molecule has 1 heterocycles. The number of rotatable bonds is 6. The second-order valence-corrected chi connectivity index (χ2v) is 10.2. The van der Waals surface area contributed by atoms with Gasteiger partial charge in [-0.15, -0.1) is 0 Å². The van der Waals surface area contributed by atoms with Gasteiger partial charge in [-0.05, 0) is 71.9 Å². The van der Waals surface area contributed by atoms with Crippen LogP contribution in [0.3, 0.4) is 0 Å². The summed E-state index contributed by atoms with van der Waals surface area (Å²) >= 11 is 6.45. The minimum Gasteiger partial charge on any atom is -0.490 e. The number of halogens is 1. The molecular weight excluding hydrogens is 444 g/mol. The molecule has 9 atom stereocenters. The lowest BCUT2D eigenvalue weighted by atomic mass is 9.90. The summed E-state index contributed by atoms with van der Waals surface area (Å²) < 4.78 is 11.9. The van der Waals surface area contributed by atoms with Crippen LogP contribution in [0.4, 0.5) is 0 Å². The summed E-state index contributed by atoms with van der Waals surface area (Å²) in [6, 6.07) is 13.4. The predicted octanol–water partition coefficient (Wildman–Crippen LogP) is 2.87. The van der Waals surface area contributed by atoms with E-state index in [0.29, 0.717) is 23.1 Å². The maximum Gasteiger partial charge on any atom is 0.119 e. The third-order valence-electron chi connectivity index (χ3n) is 7.74. The molecule has 5 rings (SSSR count). The second-order valence-electron chi connectivity index (χ2n) is 9.82. The van der Waals surface area contributed by atoms with Gasteiger partial charge in [-0.3, -0.25) is 0 Å². The molecule has 1 aliphatic heterocycles. The molecule has 0 bridgehead atoms. The molecule has 2 aromatic rings. The highest BCUT2D eigenvalue weighted by molar-refractivity contribution is 6.31. The molecule has 2 aromatic carbocycles. The normalized spacial score (nSPS) is 37.6. The van der Waals surface area contributed by atoms with E-state index in [1.54, 1.807) is 12.1 Å². The molecule has 0 radical (unpaired) electrons. The molecular formula is C26H31ClO6. The van der Waals surface area contributed by atoms with E-state index in [1.807, 2.05) is 30.3 Å². The van der Waals surface area contributed by atoms with Gasteiger partial charge in [0.2, 0.25) is 0 Å². The van der Waals surface area contributed by atoms with E-state index in [1.165, 1.54) is 0 Å².